The van der Waals surface area contributed by atoms with Gasteiger partial charge in [0.1, 0.15) is 11.5 Å². The Morgan fingerprint density at radius 2 is 1.83 bits per heavy atom. The van der Waals surface area contributed by atoms with Gasteiger partial charge in [0.05, 0.1) is 0 Å². The standard InChI is InChI=1S/C17H19FN4O/c1-12-11-15(16(23)20-14-7-5-13(18)6-8-14)21-17(19-12)22-9-3-2-4-10-22/h5-8,11H,2-4,9-10H2,1H3,(H,20,23). The van der Waals surface area contributed by atoms with Crippen molar-refractivity contribution in [1.82, 2.24) is 9.97 Å². The lowest BCUT2D eigenvalue weighted by Gasteiger charge is -2.27. The zero-order valence-corrected chi connectivity index (χ0v) is 13.1. The molecular formula is C17H19FN4O. The summed E-state index contributed by atoms with van der Waals surface area (Å²) >= 11 is 0. The van der Waals surface area contributed by atoms with Crippen molar-refractivity contribution in [2.75, 3.05) is 23.3 Å². The van der Waals surface area contributed by atoms with Crippen LogP contribution in [0.15, 0.2) is 30.3 Å². The van der Waals surface area contributed by atoms with Crippen LogP contribution in [-0.2, 0) is 0 Å². The average molecular weight is 314 g/mol. The third-order valence-corrected chi connectivity index (χ3v) is 3.82. The fraction of sp³-hybridized carbons (Fsp3) is 0.353. The van der Waals surface area contributed by atoms with Crippen LogP contribution < -0.4 is 10.2 Å². The molecule has 1 aliphatic rings. The average Bonchev–Trinajstić information content (AvgIpc) is 2.57. The number of halogens is 1. The topological polar surface area (TPSA) is 58.1 Å². The molecule has 23 heavy (non-hydrogen) atoms. The van der Waals surface area contributed by atoms with Gasteiger partial charge in [0.15, 0.2) is 0 Å². The van der Waals surface area contributed by atoms with Gasteiger partial charge in [0.2, 0.25) is 5.95 Å². The molecule has 2 heterocycles. The molecule has 1 aromatic heterocycles. The third-order valence-electron chi connectivity index (χ3n) is 3.82. The van der Waals surface area contributed by atoms with Gasteiger partial charge in [-0.1, -0.05) is 0 Å². The number of rotatable bonds is 3. The predicted molar refractivity (Wildman–Crippen MR) is 87.2 cm³/mol. The van der Waals surface area contributed by atoms with E-state index in [9.17, 15) is 9.18 Å². The first kappa shape index (κ1) is 15.4. The molecule has 0 aliphatic carbocycles. The molecule has 1 amide bonds. The first-order valence-corrected chi connectivity index (χ1v) is 7.79. The number of nitrogens with one attached hydrogen (secondary N) is 1. The van der Waals surface area contributed by atoms with Crippen molar-refractivity contribution in [3.8, 4) is 0 Å². The number of benzene rings is 1. The minimum absolute atomic E-state index is 0.319. The Morgan fingerprint density at radius 1 is 1.13 bits per heavy atom. The zero-order valence-electron chi connectivity index (χ0n) is 13.1. The normalized spacial score (nSPS) is 14.6. The molecule has 0 unspecified atom stereocenters. The number of aromatic nitrogens is 2. The maximum absolute atomic E-state index is 12.9. The highest BCUT2D eigenvalue weighted by atomic mass is 19.1. The predicted octanol–water partition coefficient (Wildman–Crippen LogP) is 3.17. The minimum atomic E-state index is -0.340. The lowest BCUT2D eigenvalue weighted by molar-refractivity contribution is 0.102. The summed E-state index contributed by atoms with van der Waals surface area (Å²) in [5.74, 6) is -0.0532. The smallest absolute Gasteiger partial charge is 0.274 e. The first-order chi connectivity index (χ1) is 11.1. The SMILES string of the molecule is Cc1cc(C(=O)Nc2ccc(F)cc2)nc(N2CCCCC2)n1. The van der Waals surface area contributed by atoms with E-state index in [0.717, 1.165) is 31.6 Å². The van der Waals surface area contributed by atoms with Gasteiger partial charge in [-0.2, -0.15) is 0 Å². The van der Waals surface area contributed by atoms with Crippen LogP contribution in [0.5, 0.6) is 0 Å². The first-order valence-electron chi connectivity index (χ1n) is 7.79. The summed E-state index contributed by atoms with van der Waals surface area (Å²) in [6.45, 7) is 3.69. The highest BCUT2D eigenvalue weighted by molar-refractivity contribution is 6.03. The van der Waals surface area contributed by atoms with Gasteiger partial charge in [0, 0.05) is 24.5 Å². The lowest BCUT2D eigenvalue weighted by atomic mass is 10.1. The Labute approximate surface area is 134 Å². The molecule has 1 N–H and O–H groups in total. The molecule has 0 bridgehead atoms. The van der Waals surface area contributed by atoms with Crippen molar-refractivity contribution < 1.29 is 9.18 Å². The van der Waals surface area contributed by atoms with E-state index in [1.54, 1.807) is 6.07 Å². The van der Waals surface area contributed by atoms with Gasteiger partial charge in [-0.25, -0.2) is 14.4 Å². The van der Waals surface area contributed by atoms with Crippen molar-refractivity contribution in [3.05, 3.63) is 47.5 Å². The van der Waals surface area contributed by atoms with E-state index in [2.05, 4.69) is 20.2 Å². The van der Waals surface area contributed by atoms with Crippen LogP contribution in [0.2, 0.25) is 0 Å². The number of anilines is 2. The molecule has 0 spiro atoms. The van der Waals surface area contributed by atoms with Gasteiger partial charge in [-0.05, 0) is 56.5 Å². The van der Waals surface area contributed by atoms with Crippen LogP contribution in [0.25, 0.3) is 0 Å². The fourth-order valence-corrected chi connectivity index (χ4v) is 2.63. The van der Waals surface area contributed by atoms with E-state index in [1.807, 2.05) is 6.92 Å². The van der Waals surface area contributed by atoms with Crippen molar-refractivity contribution in [2.45, 2.75) is 26.2 Å². The van der Waals surface area contributed by atoms with Gasteiger partial charge < -0.3 is 10.2 Å². The van der Waals surface area contributed by atoms with E-state index in [0.29, 0.717) is 17.3 Å². The molecule has 3 rings (SSSR count). The third kappa shape index (κ3) is 3.83. The van der Waals surface area contributed by atoms with Crippen molar-refractivity contribution >= 4 is 17.5 Å². The number of carbonyl (C=O) groups excluding carboxylic acids is 1. The van der Waals surface area contributed by atoms with Crippen LogP contribution in [0.1, 0.15) is 35.4 Å². The van der Waals surface area contributed by atoms with Crippen LogP contribution >= 0.6 is 0 Å². The summed E-state index contributed by atoms with van der Waals surface area (Å²) in [5.41, 5.74) is 1.61. The highest BCUT2D eigenvalue weighted by Crippen LogP contribution is 2.17. The number of piperidine rings is 1. The summed E-state index contributed by atoms with van der Waals surface area (Å²) in [7, 11) is 0. The van der Waals surface area contributed by atoms with Crippen molar-refractivity contribution in [2.24, 2.45) is 0 Å². The number of nitrogens with zero attached hydrogens (tertiary/aromatic N) is 3. The number of aryl methyl sites for hydroxylation is 1. The van der Waals surface area contributed by atoms with Crippen LogP contribution in [-0.4, -0.2) is 29.0 Å². The summed E-state index contributed by atoms with van der Waals surface area (Å²) in [5, 5.41) is 2.73. The van der Waals surface area contributed by atoms with Crippen molar-refractivity contribution in [3.63, 3.8) is 0 Å². The molecule has 120 valence electrons. The van der Waals surface area contributed by atoms with E-state index < -0.39 is 0 Å². The Balaban J connectivity index is 1.79. The molecular weight excluding hydrogens is 295 g/mol. The molecule has 0 radical (unpaired) electrons. The molecule has 0 atom stereocenters. The van der Waals surface area contributed by atoms with E-state index in [-0.39, 0.29) is 11.7 Å². The largest absolute Gasteiger partial charge is 0.341 e. The number of carbonyl (C=O) groups is 1. The van der Waals surface area contributed by atoms with E-state index >= 15 is 0 Å². The lowest BCUT2D eigenvalue weighted by Crippen LogP contribution is -2.31. The fourth-order valence-electron chi connectivity index (χ4n) is 2.63. The molecule has 1 saturated heterocycles. The van der Waals surface area contributed by atoms with E-state index in [1.165, 1.54) is 30.7 Å². The Kier molecular flexibility index (Phi) is 4.50. The Bertz CT molecular complexity index is 696. The Hall–Kier alpha value is -2.50. The highest BCUT2D eigenvalue weighted by Gasteiger charge is 2.17. The van der Waals surface area contributed by atoms with Gasteiger partial charge in [0.25, 0.3) is 5.91 Å². The molecule has 2 aromatic rings. The second-order valence-electron chi connectivity index (χ2n) is 5.70. The summed E-state index contributed by atoms with van der Waals surface area (Å²) in [4.78, 5) is 23.3. The van der Waals surface area contributed by atoms with Crippen molar-refractivity contribution in [1.29, 1.82) is 0 Å². The van der Waals surface area contributed by atoms with Crippen LogP contribution in [0.4, 0.5) is 16.0 Å². The zero-order chi connectivity index (χ0) is 16.2. The minimum Gasteiger partial charge on any atom is -0.341 e. The van der Waals surface area contributed by atoms with Gasteiger partial charge >= 0.3 is 0 Å². The summed E-state index contributed by atoms with van der Waals surface area (Å²) < 4.78 is 12.9. The molecule has 0 saturated carbocycles. The molecule has 1 aromatic carbocycles. The molecule has 5 nitrogen and oxygen atoms in total. The maximum atomic E-state index is 12.9. The number of hydrogen-bond acceptors (Lipinski definition) is 4. The van der Waals surface area contributed by atoms with Gasteiger partial charge in [-0.15, -0.1) is 0 Å². The Morgan fingerprint density at radius 3 is 2.52 bits per heavy atom. The van der Waals surface area contributed by atoms with Crippen LogP contribution in [0, 0.1) is 12.7 Å². The van der Waals surface area contributed by atoms with E-state index in [4.69, 9.17) is 0 Å². The maximum Gasteiger partial charge on any atom is 0.274 e. The second kappa shape index (κ2) is 6.73. The monoisotopic (exact) mass is 314 g/mol. The summed E-state index contributed by atoms with van der Waals surface area (Å²) in [6.07, 6.45) is 3.46. The van der Waals surface area contributed by atoms with Gasteiger partial charge in [-0.3, -0.25) is 4.79 Å². The molecule has 1 aliphatic heterocycles. The number of hydrogen-bond donors (Lipinski definition) is 1. The van der Waals surface area contributed by atoms with Crippen LogP contribution in [0.3, 0.4) is 0 Å². The molecule has 6 heteroatoms. The number of amides is 1. The molecule has 1 fully saturated rings. The second-order valence-corrected chi connectivity index (χ2v) is 5.70. The summed E-state index contributed by atoms with van der Waals surface area (Å²) in [6, 6.07) is 7.31. The quantitative estimate of drug-likeness (QED) is 0.945.